The van der Waals surface area contributed by atoms with Crippen molar-refractivity contribution in [3.63, 3.8) is 0 Å². The monoisotopic (exact) mass is 339 g/mol. The molecule has 10 heteroatoms. The molecule has 0 saturated heterocycles. The Balaban J connectivity index is 1.72. The Kier molecular flexibility index (Phi) is 3.81. The average Bonchev–Trinajstić information content (AvgIpc) is 3.10. The molecule has 0 fully saturated rings. The van der Waals surface area contributed by atoms with Crippen molar-refractivity contribution in [2.45, 2.75) is 11.6 Å². The first kappa shape index (κ1) is 14.9. The third-order valence-corrected chi connectivity index (χ3v) is 5.27. The predicted molar refractivity (Wildman–Crippen MR) is 82.3 cm³/mol. The zero-order chi connectivity index (χ0) is 15.7. The van der Waals surface area contributed by atoms with Crippen LogP contribution in [0.25, 0.3) is 10.2 Å². The van der Waals surface area contributed by atoms with Crippen molar-refractivity contribution in [2.24, 2.45) is 7.05 Å². The molecule has 8 nitrogen and oxygen atoms in total. The number of nitrogens with zero attached hydrogens (tertiary/aromatic N) is 4. The predicted octanol–water partition coefficient (Wildman–Crippen LogP) is 0.170. The fourth-order valence-corrected chi connectivity index (χ4v) is 3.73. The van der Waals surface area contributed by atoms with Gasteiger partial charge in [0.15, 0.2) is 5.03 Å². The van der Waals surface area contributed by atoms with E-state index >= 15 is 0 Å². The summed E-state index contributed by atoms with van der Waals surface area (Å²) < 4.78 is 29.9. The Labute approximate surface area is 130 Å². The molecule has 1 N–H and O–H groups in total. The number of hydrogen-bond donors (Lipinski definition) is 1. The lowest BCUT2D eigenvalue weighted by atomic mass is 10.4. The molecule has 116 valence electrons. The van der Waals surface area contributed by atoms with E-state index in [0.29, 0.717) is 10.2 Å². The number of sulfonamides is 1. The molecular weight excluding hydrogens is 326 g/mol. The zero-order valence-corrected chi connectivity index (χ0v) is 13.3. The average molecular weight is 339 g/mol. The molecule has 0 amide bonds. The summed E-state index contributed by atoms with van der Waals surface area (Å²) in [4.78, 5) is 20.1. The van der Waals surface area contributed by atoms with Crippen LogP contribution in [-0.4, -0.2) is 34.1 Å². The first-order valence-corrected chi connectivity index (χ1v) is 8.74. The van der Waals surface area contributed by atoms with E-state index in [4.69, 9.17) is 0 Å². The largest absolute Gasteiger partial charge is 0.339 e. The molecule has 3 aromatic rings. The minimum absolute atomic E-state index is 0.0471. The Morgan fingerprint density at radius 2 is 2.14 bits per heavy atom. The van der Waals surface area contributed by atoms with E-state index in [1.165, 1.54) is 34.8 Å². The van der Waals surface area contributed by atoms with Crippen LogP contribution < -0.4 is 10.3 Å². The molecule has 0 spiro atoms. The first-order chi connectivity index (χ1) is 10.5. The smallest absolute Gasteiger partial charge is 0.271 e. The number of nitrogens with one attached hydrogen (secondary N) is 1. The normalized spacial score (nSPS) is 12.0. The van der Waals surface area contributed by atoms with Gasteiger partial charge in [0.05, 0.1) is 18.2 Å². The summed E-state index contributed by atoms with van der Waals surface area (Å²) in [7, 11) is -1.98. The highest BCUT2D eigenvalue weighted by molar-refractivity contribution is 7.89. The summed E-state index contributed by atoms with van der Waals surface area (Å²) in [6, 6.07) is 1.77. The van der Waals surface area contributed by atoms with Crippen LogP contribution in [0.15, 0.2) is 40.1 Å². The van der Waals surface area contributed by atoms with Crippen LogP contribution in [-0.2, 0) is 23.6 Å². The number of aryl methyl sites for hydroxylation is 1. The summed E-state index contributed by atoms with van der Waals surface area (Å²) >= 11 is 1.32. The van der Waals surface area contributed by atoms with Gasteiger partial charge in [0.25, 0.3) is 15.6 Å². The molecule has 3 heterocycles. The van der Waals surface area contributed by atoms with E-state index in [1.54, 1.807) is 23.1 Å². The van der Waals surface area contributed by atoms with Crippen molar-refractivity contribution in [2.75, 3.05) is 6.54 Å². The second-order valence-electron chi connectivity index (χ2n) is 4.65. The van der Waals surface area contributed by atoms with Gasteiger partial charge in [0.2, 0.25) is 0 Å². The van der Waals surface area contributed by atoms with E-state index in [1.807, 2.05) is 0 Å². The molecule has 0 aliphatic heterocycles. The first-order valence-electron chi connectivity index (χ1n) is 6.38. The minimum Gasteiger partial charge on any atom is -0.339 e. The number of imidazole rings is 1. The highest BCUT2D eigenvalue weighted by Gasteiger charge is 2.16. The Morgan fingerprint density at radius 1 is 1.32 bits per heavy atom. The number of aromatic nitrogens is 4. The lowest BCUT2D eigenvalue weighted by molar-refractivity contribution is 0.567. The second kappa shape index (κ2) is 5.63. The topological polar surface area (TPSA) is 98.9 Å². The van der Waals surface area contributed by atoms with Crippen molar-refractivity contribution in [1.29, 1.82) is 0 Å². The van der Waals surface area contributed by atoms with Crippen LogP contribution >= 0.6 is 11.3 Å². The van der Waals surface area contributed by atoms with Gasteiger partial charge in [-0.15, -0.1) is 11.3 Å². The van der Waals surface area contributed by atoms with Gasteiger partial charge in [-0.3, -0.25) is 9.36 Å². The van der Waals surface area contributed by atoms with Gasteiger partial charge in [-0.05, 0) is 11.4 Å². The highest BCUT2D eigenvalue weighted by Crippen LogP contribution is 2.13. The maximum Gasteiger partial charge on any atom is 0.271 e. The third-order valence-electron chi connectivity index (χ3n) is 3.04. The van der Waals surface area contributed by atoms with Gasteiger partial charge in [0, 0.05) is 26.3 Å². The van der Waals surface area contributed by atoms with Crippen LogP contribution in [0.5, 0.6) is 0 Å². The molecule has 0 radical (unpaired) electrons. The molecule has 3 rings (SSSR count). The number of thiophene rings is 1. The van der Waals surface area contributed by atoms with Gasteiger partial charge < -0.3 is 4.57 Å². The van der Waals surface area contributed by atoms with Crippen molar-refractivity contribution in [3.8, 4) is 0 Å². The van der Waals surface area contributed by atoms with Crippen LogP contribution in [0.1, 0.15) is 0 Å². The molecule has 0 atom stereocenters. The Morgan fingerprint density at radius 3 is 2.86 bits per heavy atom. The number of fused-ring (bicyclic) bond motifs is 1. The fourth-order valence-electron chi connectivity index (χ4n) is 1.94. The van der Waals surface area contributed by atoms with Crippen LogP contribution in [0.3, 0.4) is 0 Å². The molecule has 22 heavy (non-hydrogen) atoms. The summed E-state index contributed by atoms with van der Waals surface area (Å²) in [6.07, 6.45) is 4.24. The maximum atomic E-state index is 12.2. The zero-order valence-electron chi connectivity index (χ0n) is 11.6. The van der Waals surface area contributed by atoms with Gasteiger partial charge in [-0.2, -0.15) is 0 Å². The van der Waals surface area contributed by atoms with Gasteiger partial charge in [-0.1, -0.05) is 0 Å². The second-order valence-corrected chi connectivity index (χ2v) is 7.28. The lowest BCUT2D eigenvalue weighted by Gasteiger charge is -2.06. The number of rotatable bonds is 5. The Bertz CT molecular complexity index is 970. The molecular formula is C12H13N5O3S2. The SMILES string of the molecule is Cn1cnc(S(=O)(=O)NCCn2cnc3ccsc3c2=O)c1. The quantitative estimate of drug-likeness (QED) is 0.714. The summed E-state index contributed by atoms with van der Waals surface area (Å²) in [6.45, 7) is 0.281. The van der Waals surface area contributed by atoms with Crippen LogP contribution in [0.4, 0.5) is 0 Å². The van der Waals surface area contributed by atoms with E-state index < -0.39 is 10.0 Å². The van der Waals surface area contributed by atoms with Crippen LogP contribution in [0.2, 0.25) is 0 Å². The van der Waals surface area contributed by atoms with Gasteiger partial charge >= 0.3 is 0 Å². The molecule has 0 aliphatic rings. The molecule has 0 aliphatic carbocycles. The summed E-state index contributed by atoms with van der Waals surface area (Å²) in [5, 5.41) is 1.75. The lowest BCUT2D eigenvalue weighted by Crippen LogP contribution is -2.31. The Hall–Kier alpha value is -2.04. The minimum atomic E-state index is -3.67. The van der Waals surface area contributed by atoms with E-state index in [-0.39, 0.29) is 23.7 Å². The van der Waals surface area contributed by atoms with Crippen molar-refractivity contribution >= 4 is 31.6 Å². The van der Waals surface area contributed by atoms with E-state index in [2.05, 4.69) is 14.7 Å². The number of hydrogen-bond acceptors (Lipinski definition) is 6. The standard InChI is InChI=1S/C12H13N5O3S2/c1-16-6-10(14-7-16)22(19,20)15-3-4-17-8-13-9-2-5-21-11(9)12(17)18/h2,5-8,15H,3-4H2,1H3. The molecule has 0 aromatic carbocycles. The highest BCUT2D eigenvalue weighted by atomic mass is 32.2. The third kappa shape index (κ3) is 2.80. The van der Waals surface area contributed by atoms with Gasteiger partial charge in [-0.25, -0.2) is 23.1 Å². The summed E-state index contributed by atoms with van der Waals surface area (Å²) in [5.41, 5.74) is 0.484. The van der Waals surface area contributed by atoms with Crippen molar-refractivity contribution in [1.82, 2.24) is 23.8 Å². The summed E-state index contributed by atoms with van der Waals surface area (Å²) in [5.74, 6) is 0. The molecule has 0 saturated carbocycles. The molecule has 3 aromatic heterocycles. The van der Waals surface area contributed by atoms with Crippen molar-refractivity contribution in [3.05, 3.63) is 40.7 Å². The van der Waals surface area contributed by atoms with E-state index in [9.17, 15) is 13.2 Å². The van der Waals surface area contributed by atoms with Crippen molar-refractivity contribution < 1.29 is 8.42 Å². The van der Waals surface area contributed by atoms with Crippen LogP contribution in [0, 0.1) is 0 Å². The van der Waals surface area contributed by atoms with E-state index in [0.717, 1.165) is 0 Å². The fraction of sp³-hybridized carbons (Fsp3) is 0.250. The van der Waals surface area contributed by atoms with Gasteiger partial charge in [0.1, 0.15) is 4.70 Å². The molecule has 0 unspecified atom stereocenters. The molecule has 0 bridgehead atoms. The maximum absolute atomic E-state index is 12.2.